The van der Waals surface area contributed by atoms with Gasteiger partial charge in [-0.15, -0.1) is 0 Å². The highest BCUT2D eigenvalue weighted by Gasteiger charge is 2.48. The Balaban J connectivity index is 1.57. The predicted molar refractivity (Wildman–Crippen MR) is 145 cm³/mol. The van der Waals surface area contributed by atoms with Crippen LogP contribution in [0.4, 0.5) is 0 Å². The number of carbonyl (C=O) groups is 1. The number of methoxy groups -OCH3 is 1. The SMILES string of the molecule is [B]C([B])([B])N(C(=O)c1nn(-c2ccsc2)c2c1COc1cc(OC)c(-c3ccnn3C)cc1-2)C1(C)COC1. The molecule has 0 N–H and O–H groups in total. The Morgan fingerprint density at radius 3 is 2.61 bits per heavy atom. The second-order valence-corrected chi connectivity index (χ2v) is 10.5. The lowest BCUT2D eigenvalue weighted by atomic mass is 9.47. The van der Waals surface area contributed by atoms with Gasteiger partial charge in [-0.05, 0) is 30.5 Å². The molecule has 0 spiro atoms. The summed E-state index contributed by atoms with van der Waals surface area (Å²) >= 11 is 1.53. The highest BCUT2D eigenvalue weighted by atomic mass is 32.1. The van der Waals surface area contributed by atoms with Crippen LogP contribution in [0.25, 0.3) is 28.2 Å². The van der Waals surface area contributed by atoms with Crippen LogP contribution in [-0.2, 0) is 18.4 Å². The van der Waals surface area contributed by atoms with E-state index in [4.69, 9.17) is 42.8 Å². The van der Waals surface area contributed by atoms with Crippen LogP contribution in [0.15, 0.2) is 41.2 Å². The van der Waals surface area contributed by atoms with E-state index in [1.54, 1.807) is 22.7 Å². The van der Waals surface area contributed by atoms with Gasteiger partial charge in [-0.2, -0.15) is 21.5 Å². The van der Waals surface area contributed by atoms with Gasteiger partial charge < -0.3 is 19.1 Å². The number of nitrogens with zero attached hydrogens (tertiary/aromatic N) is 5. The number of aryl methyl sites for hydroxylation is 1. The molecule has 38 heavy (non-hydrogen) atoms. The number of hydrogen-bond acceptors (Lipinski definition) is 7. The summed E-state index contributed by atoms with van der Waals surface area (Å²) < 4.78 is 20.8. The van der Waals surface area contributed by atoms with Crippen LogP contribution in [0.2, 0.25) is 0 Å². The molecule has 6 radical (unpaired) electrons. The maximum Gasteiger partial charge on any atom is 0.273 e. The number of amides is 1. The van der Waals surface area contributed by atoms with E-state index in [1.165, 1.54) is 16.2 Å². The zero-order valence-electron chi connectivity index (χ0n) is 21.2. The minimum absolute atomic E-state index is 0.107. The Bertz CT molecular complexity index is 1540. The lowest BCUT2D eigenvalue weighted by molar-refractivity contribution is -0.117. The molecular weight excluding hydrogens is 499 g/mol. The first kappa shape index (κ1) is 24.9. The maximum atomic E-state index is 14.1. The molecule has 3 aromatic heterocycles. The summed E-state index contributed by atoms with van der Waals surface area (Å²) in [5, 5.41) is 11.1. The number of carbonyl (C=O) groups excluding carboxylic acids is 1. The molecule has 13 heteroatoms. The third-order valence-corrected chi connectivity index (χ3v) is 7.59. The molecule has 1 aromatic carbocycles. The van der Waals surface area contributed by atoms with Gasteiger partial charge in [0.15, 0.2) is 5.69 Å². The highest BCUT2D eigenvalue weighted by molar-refractivity contribution is 7.08. The first-order chi connectivity index (χ1) is 18.1. The van der Waals surface area contributed by atoms with Gasteiger partial charge in [-0.25, -0.2) is 4.68 Å². The minimum Gasteiger partial charge on any atom is -0.496 e. The summed E-state index contributed by atoms with van der Waals surface area (Å²) in [6.07, 6.45) is 1.72. The molecule has 6 rings (SSSR count). The standard InChI is InChI=1S/C25H22B3N5O4S/c1-24(12-36-13-24)33(25(26,27)28)23(34)21-17-10-37-20-9-19(35-3)15(18-4-6-29-31(18)2)8-16(20)22(17)32(30-21)14-5-7-38-11-14/h4-9,11H,10,12-13H2,1-3H3. The average Bonchev–Trinajstić information content (AvgIpc) is 3.60. The first-order valence-electron chi connectivity index (χ1n) is 11.9. The zero-order chi connectivity index (χ0) is 26.8. The molecule has 5 heterocycles. The molecule has 2 aliphatic heterocycles. The van der Waals surface area contributed by atoms with Gasteiger partial charge in [0.05, 0.1) is 66.5 Å². The van der Waals surface area contributed by atoms with Gasteiger partial charge in [0.25, 0.3) is 5.91 Å². The van der Waals surface area contributed by atoms with Crippen molar-refractivity contribution in [3.05, 3.63) is 52.5 Å². The Hall–Kier alpha value is -3.44. The van der Waals surface area contributed by atoms with Gasteiger partial charge in [0, 0.05) is 41.4 Å². The van der Waals surface area contributed by atoms with Crippen LogP contribution in [0.1, 0.15) is 23.0 Å². The normalized spacial score (nSPS) is 15.7. The number of ether oxygens (including phenoxy) is 3. The fraction of sp³-hybridized carbons (Fsp3) is 0.320. The largest absolute Gasteiger partial charge is 0.496 e. The van der Waals surface area contributed by atoms with Crippen molar-refractivity contribution >= 4 is 40.8 Å². The molecule has 0 aliphatic carbocycles. The maximum absolute atomic E-state index is 14.1. The summed E-state index contributed by atoms with van der Waals surface area (Å²) in [6, 6.07) is 7.66. The van der Waals surface area contributed by atoms with E-state index in [0.29, 0.717) is 17.1 Å². The molecule has 186 valence electrons. The zero-order valence-corrected chi connectivity index (χ0v) is 22.0. The summed E-state index contributed by atoms with van der Waals surface area (Å²) in [6.45, 7) is 2.45. The van der Waals surface area contributed by atoms with Crippen molar-refractivity contribution in [2.24, 2.45) is 7.05 Å². The van der Waals surface area contributed by atoms with Crippen molar-refractivity contribution in [2.45, 2.75) is 24.3 Å². The number of fused-ring (bicyclic) bond motifs is 3. The van der Waals surface area contributed by atoms with Gasteiger partial charge in [-0.1, -0.05) is 5.24 Å². The number of rotatable bonds is 6. The fourth-order valence-corrected chi connectivity index (χ4v) is 5.76. The van der Waals surface area contributed by atoms with Crippen LogP contribution < -0.4 is 9.47 Å². The Labute approximate surface area is 227 Å². The molecule has 2 aliphatic rings. The molecule has 0 bridgehead atoms. The number of benzene rings is 1. The van der Waals surface area contributed by atoms with E-state index in [9.17, 15) is 4.79 Å². The van der Waals surface area contributed by atoms with E-state index in [-0.39, 0.29) is 25.5 Å². The van der Waals surface area contributed by atoms with Crippen molar-refractivity contribution in [2.75, 3.05) is 20.3 Å². The summed E-state index contributed by atoms with van der Waals surface area (Å²) in [4.78, 5) is 15.3. The van der Waals surface area contributed by atoms with E-state index >= 15 is 0 Å². The van der Waals surface area contributed by atoms with Crippen molar-refractivity contribution in [3.63, 3.8) is 0 Å². The van der Waals surface area contributed by atoms with Crippen molar-refractivity contribution in [1.82, 2.24) is 24.5 Å². The Morgan fingerprint density at radius 2 is 2.03 bits per heavy atom. The lowest BCUT2D eigenvalue weighted by Crippen LogP contribution is -2.70. The molecular formula is C25H22B3N5O4S. The Morgan fingerprint density at radius 1 is 1.24 bits per heavy atom. The minimum atomic E-state index is -1.93. The van der Waals surface area contributed by atoms with Crippen LogP contribution in [0.3, 0.4) is 0 Å². The molecule has 1 amide bonds. The second-order valence-electron chi connectivity index (χ2n) is 9.76. The smallest absolute Gasteiger partial charge is 0.273 e. The molecule has 1 fully saturated rings. The number of aromatic nitrogens is 4. The van der Waals surface area contributed by atoms with Crippen molar-refractivity contribution in [3.8, 4) is 39.7 Å². The van der Waals surface area contributed by atoms with E-state index in [1.807, 2.05) is 49.0 Å². The summed E-state index contributed by atoms with van der Waals surface area (Å²) in [7, 11) is 21.8. The van der Waals surface area contributed by atoms with E-state index in [0.717, 1.165) is 28.2 Å². The van der Waals surface area contributed by atoms with Crippen LogP contribution >= 0.6 is 11.3 Å². The topological polar surface area (TPSA) is 83.6 Å². The third kappa shape index (κ3) is 3.79. The van der Waals surface area contributed by atoms with Crippen LogP contribution in [-0.4, -0.2) is 85.0 Å². The number of hydrogen-bond donors (Lipinski definition) is 0. The fourth-order valence-electron chi connectivity index (χ4n) is 5.14. The van der Waals surface area contributed by atoms with E-state index < -0.39 is 16.7 Å². The average molecular weight is 521 g/mol. The first-order valence-corrected chi connectivity index (χ1v) is 12.8. The third-order valence-electron chi connectivity index (χ3n) is 6.92. The van der Waals surface area contributed by atoms with Gasteiger partial charge >= 0.3 is 0 Å². The van der Waals surface area contributed by atoms with Crippen molar-refractivity contribution in [1.29, 1.82) is 0 Å². The van der Waals surface area contributed by atoms with Crippen molar-refractivity contribution < 1.29 is 19.0 Å². The molecule has 0 saturated carbocycles. The molecule has 1 saturated heterocycles. The molecule has 0 atom stereocenters. The summed E-state index contributed by atoms with van der Waals surface area (Å²) in [5.41, 5.74) is 3.96. The molecule has 9 nitrogen and oxygen atoms in total. The monoisotopic (exact) mass is 521 g/mol. The molecule has 4 aromatic rings. The van der Waals surface area contributed by atoms with Gasteiger partial charge in [0.2, 0.25) is 0 Å². The number of thiophene rings is 1. The highest BCUT2D eigenvalue weighted by Crippen LogP contribution is 2.46. The van der Waals surface area contributed by atoms with Gasteiger partial charge in [0.1, 0.15) is 18.1 Å². The van der Waals surface area contributed by atoms with E-state index in [2.05, 4.69) is 5.10 Å². The summed E-state index contributed by atoms with van der Waals surface area (Å²) in [5.74, 6) is 0.746. The quantitative estimate of drug-likeness (QED) is 0.363. The predicted octanol–water partition coefficient (Wildman–Crippen LogP) is 2.25. The lowest BCUT2D eigenvalue weighted by Gasteiger charge is -2.54. The van der Waals surface area contributed by atoms with Crippen LogP contribution in [0.5, 0.6) is 11.5 Å². The second kappa shape index (κ2) is 8.81. The molecule has 0 unspecified atom stereocenters. The Kier molecular flexibility index (Phi) is 5.77. The van der Waals surface area contributed by atoms with Crippen LogP contribution in [0, 0.1) is 0 Å². The van der Waals surface area contributed by atoms with Gasteiger partial charge in [-0.3, -0.25) is 9.48 Å².